The first-order valence-electron chi connectivity index (χ1n) is 10.2. The van der Waals surface area contributed by atoms with Crippen LogP contribution >= 0.6 is 11.3 Å². The van der Waals surface area contributed by atoms with E-state index in [1.807, 2.05) is 30.3 Å². The number of carbonyl (C=O) groups excluding carboxylic acids is 2. The Kier molecular flexibility index (Phi) is 5.99. The zero-order chi connectivity index (χ0) is 21.1. The van der Waals surface area contributed by atoms with E-state index >= 15 is 0 Å². The van der Waals surface area contributed by atoms with Crippen molar-refractivity contribution in [1.29, 1.82) is 0 Å². The molecule has 30 heavy (non-hydrogen) atoms. The van der Waals surface area contributed by atoms with Gasteiger partial charge in [0, 0.05) is 39.3 Å². The minimum Gasteiger partial charge on any atom is -0.352 e. The zero-order valence-electron chi connectivity index (χ0n) is 17.3. The number of carbonyl (C=O) groups is 2. The van der Waals surface area contributed by atoms with E-state index in [-0.39, 0.29) is 17.7 Å². The van der Waals surface area contributed by atoms with E-state index in [4.69, 9.17) is 4.98 Å². The summed E-state index contributed by atoms with van der Waals surface area (Å²) in [5, 5.41) is 4.06. The highest BCUT2D eigenvalue weighted by molar-refractivity contribution is 7.22. The molecule has 1 aromatic heterocycles. The van der Waals surface area contributed by atoms with Crippen molar-refractivity contribution in [2.75, 3.05) is 32.1 Å². The molecular weight excluding hydrogens is 396 g/mol. The summed E-state index contributed by atoms with van der Waals surface area (Å²) in [5.74, 6) is 0.0114. The first kappa shape index (κ1) is 20.3. The van der Waals surface area contributed by atoms with Gasteiger partial charge in [0.1, 0.15) is 0 Å². The van der Waals surface area contributed by atoms with Gasteiger partial charge in [0.05, 0.1) is 16.1 Å². The average molecular weight is 423 g/mol. The van der Waals surface area contributed by atoms with Crippen molar-refractivity contribution in [2.24, 2.45) is 5.92 Å². The van der Waals surface area contributed by atoms with Gasteiger partial charge in [-0.25, -0.2) is 4.98 Å². The number of aromatic nitrogens is 1. The van der Waals surface area contributed by atoms with Gasteiger partial charge in [-0.05, 0) is 42.7 Å². The molecule has 0 unspecified atom stereocenters. The number of amides is 2. The van der Waals surface area contributed by atoms with Gasteiger partial charge in [-0.1, -0.05) is 35.6 Å². The number of benzene rings is 2. The number of fused-ring (bicyclic) bond motifs is 1. The van der Waals surface area contributed by atoms with Gasteiger partial charge in [0.2, 0.25) is 5.91 Å². The Morgan fingerprint density at radius 3 is 2.67 bits per heavy atom. The average Bonchev–Trinajstić information content (AvgIpc) is 3.22. The van der Waals surface area contributed by atoms with Crippen LogP contribution < -0.4 is 10.2 Å². The maximum atomic E-state index is 12.8. The summed E-state index contributed by atoms with van der Waals surface area (Å²) in [4.78, 5) is 33.3. The highest BCUT2D eigenvalue weighted by Crippen LogP contribution is 2.31. The van der Waals surface area contributed by atoms with E-state index in [0.29, 0.717) is 18.7 Å². The standard InChI is InChI=1S/C23H26N4O2S/c1-26(2)22(29)17-11-9-16(10-12-17)14-24-21(28)18-6-5-13-27(15-18)23-25-19-7-3-4-8-20(19)30-23/h3-4,7-12,18H,5-6,13-15H2,1-2H3,(H,24,28)/t18-/m0/s1. The fourth-order valence-electron chi connectivity index (χ4n) is 3.72. The van der Waals surface area contributed by atoms with Gasteiger partial charge >= 0.3 is 0 Å². The van der Waals surface area contributed by atoms with Gasteiger partial charge in [-0.2, -0.15) is 0 Å². The summed E-state index contributed by atoms with van der Waals surface area (Å²) in [5.41, 5.74) is 2.64. The first-order valence-corrected chi connectivity index (χ1v) is 11.0. The van der Waals surface area contributed by atoms with Crippen molar-refractivity contribution in [3.8, 4) is 0 Å². The van der Waals surface area contributed by atoms with E-state index in [0.717, 1.165) is 35.6 Å². The minimum atomic E-state index is -0.0413. The third-order valence-electron chi connectivity index (χ3n) is 5.42. The second-order valence-electron chi connectivity index (χ2n) is 7.86. The maximum absolute atomic E-state index is 12.8. The molecule has 156 valence electrons. The maximum Gasteiger partial charge on any atom is 0.253 e. The van der Waals surface area contributed by atoms with E-state index < -0.39 is 0 Å². The molecule has 0 spiro atoms. The molecule has 0 saturated carbocycles. The van der Waals surface area contributed by atoms with E-state index in [2.05, 4.69) is 16.3 Å². The Balaban J connectivity index is 1.34. The summed E-state index contributed by atoms with van der Waals surface area (Å²) in [6.45, 7) is 2.10. The predicted octanol–water partition coefficient (Wildman–Crippen LogP) is 3.53. The van der Waals surface area contributed by atoms with Gasteiger partial charge in [-0.3, -0.25) is 9.59 Å². The number of nitrogens with one attached hydrogen (secondary N) is 1. The molecule has 2 heterocycles. The molecule has 7 heteroatoms. The number of hydrogen-bond acceptors (Lipinski definition) is 5. The molecule has 0 bridgehead atoms. The fourth-order valence-corrected chi connectivity index (χ4v) is 4.72. The molecule has 1 aliphatic heterocycles. The number of para-hydroxylation sites is 1. The number of anilines is 1. The van der Waals surface area contributed by atoms with Crippen molar-refractivity contribution in [2.45, 2.75) is 19.4 Å². The van der Waals surface area contributed by atoms with Crippen LogP contribution in [0.5, 0.6) is 0 Å². The van der Waals surface area contributed by atoms with Crippen LogP contribution in [0.2, 0.25) is 0 Å². The topological polar surface area (TPSA) is 65.5 Å². The molecule has 4 rings (SSSR count). The highest BCUT2D eigenvalue weighted by atomic mass is 32.1. The zero-order valence-corrected chi connectivity index (χ0v) is 18.1. The van der Waals surface area contributed by atoms with Crippen LogP contribution in [0.15, 0.2) is 48.5 Å². The largest absolute Gasteiger partial charge is 0.352 e. The van der Waals surface area contributed by atoms with Crippen LogP contribution in [0, 0.1) is 5.92 Å². The normalized spacial score (nSPS) is 16.5. The van der Waals surface area contributed by atoms with Crippen LogP contribution in [0.1, 0.15) is 28.8 Å². The SMILES string of the molecule is CN(C)C(=O)c1ccc(CNC(=O)[C@H]2CCCN(c3nc4ccccc4s3)C2)cc1. The van der Waals surface area contributed by atoms with Crippen LogP contribution in [0.4, 0.5) is 5.13 Å². The smallest absolute Gasteiger partial charge is 0.253 e. The number of thiazole rings is 1. The molecule has 1 atom stereocenters. The molecule has 0 aliphatic carbocycles. The lowest BCUT2D eigenvalue weighted by Gasteiger charge is -2.31. The van der Waals surface area contributed by atoms with Gasteiger partial charge in [0.25, 0.3) is 5.91 Å². The molecule has 0 radical (unpaired) electrons. The van der Waals surface area contributed by atoms with Crippen LogP contribution in [0.25, 0.3) is 10.2 Å². The molecule has 1 fully saturated rings. The molecule has 2 aromatic carbocycles. The summed E-state index contributed by atoms with van der Waals surface area (Å²) < 4.78 is 1.18. The van der Waals surface area contributed by atoms with Crippen molar-refractivity contribution in [3.63, 3.8) is 0 Å². The fraction of sp³-hybridized carbons (Fsp3) is 0.348. The van der Waals surface area contributed by atoms with E-state index in [1.165, 1.54) is 4.70 Å². The molecule has 1 aliphatic rings. The molecule has 1 N–H and O–H groups in total. The van der Waals surface area contributed by atoms with Crippen molar-refractivity contribution in [3.05, 3.63) is 59.7 Å². The number of rotatable bonds is 5. The second-order valence-corrected chi connectivity index (χ2v) is 8.87. The summed E-state index contributed by atoms with van der Waals surface area (Å²) >= 11 is 1.69. The lowest BCUT2D eigenvalue weighted by molar-refractivity contribution is -0.125. The highest BCUT2D eigenvalue weighted by Gasteiger charge is 2.27. The molecule has 1 saturated heterocycles. The minimum absolute atomic E-state index is 0.0252. The van der Waals surface area contributed by atoms with E-state index in [1.54, 1.807) is 42.5 Å². The lowest BCUT2D eigenvalue weighted by atomic mass is 9.97. The van der Waals surface area contributed by atoms with Crippen molar-refractivity contribution >= 4 is 38.5 Å². The third kappa shape index (κ3) is 4.46. The monoisotopic (exact) mass is 422 g/mol. The Hall–Kier alpha value is -2.93. The Bertz CT molecular complexity index is 1010. The number of piperidine rings is 1. The molecule has 3 aromatic rings. The van der Waals surface area contributed by atoms with E-state index in [9.17, 15) is 9.59 Å². The number of hydrogen-bond donors (Lipinski definition) is 1. The molecule has 6 nitrogen and oxygen atoms in total. The van der Waals surface area contributed by atoms with Crippen molar-refractivity contribution < 1.29 is 9.59 Å². The van der Waals surface area contributed by atoms with Crippen LogP contribution in [-0.2, 0) is 11.3 Å². The quantitative estimate of drug-likeness (QED) is 0.683. The molecule has 2 amide bonds. The number of nitrogens with zero attached hydrogens (tertiary/aromatic N) is 3. The third-order valence-corrected chi connectivity index (χ3v) is 6.52. The predicted molar refractivity (Wildman–Crippen MR) is 121 cm³/mol. The van der Waals surface area contributed by atoms with Gasteiger partial charge in [-0.15, -0.1) is 0 Å². The molecular formula is C23H26N4O2S. The Morgan fingerprint density at radius 1 is 1.17 bits per heavy atom. The van der Waals surface area contributed by atoms with Crippen LogP contribution in [0.3, 0.4) is 0 Å². The lowest BCUT2D eigenvalue weighted by Crippen LogP contribution is -2.42. The summed E-state index contributed by atoms with van der Waals surface area (Å²) in [7, 11) is 3.47. The second kappa shape index (κ2) is 8.83. The summed E-state index contributed by atoms with van der Waals surface area (Å²) in [6.07, 6.45) is 1.87. The van der Waals surface area contributed by atoms with Crippen LogP contribution in [-0.4, -0.2) is 48.9 Å². The Morgan fingerprint density at radius 2 is 1.93 bits per heavy atom. The van der Waals surface area contributed by atoms with Gasteiger partial charge < -0.3 is 15.1 Å². The van der Waals surface area contributed by atoms with Gasteiger partial charge in [0.15, 0.2) is 5.13 Å². The Labute approximate surface area is 180 Å². The summed E-state index contributed by atoms with van der Waals surface area (Å²) in [6, 6.07) is 15.5. The first-order chi connectivity index (χ1) is 14.5. The van der Waals surface area contributed by atoms with Crippen molar-refractivity contribution in [1.82, 2.24) is 15.2 Å².